The van der Waals surface area contributed by atoms with Gasteiger partial charge < -0.3 is 9.84 Å². The minimum Gasteiger partial charge on any atom is -0.479 e. The summed E-state index contributed by atoms with van der Waals surface area (Å²) in [6, 6.07) is 2.89. The van der Waals surface area contributed by atoms with E-state index in [0.717, 1.165) is 18.2 Å². The van der Waals surface area contributed by atoms with Crippen LogP contribution in [0.1, 0.15) is 26.3 Å². The smallest absolute Gasteiger partial charge is 0.426 e. The van der Waals surface area contributed by atoms with Gasteiger partial charge in [0.2, 0.25) is 0 Å². The summed E-state index contributed by atoms with van der Waals surface area (Å²) in [4.78, 5) is 23.1. The topological polar surface area (TPSA) is 75.6 Å². The molecule has 0 aromatic heterocycles. The highest BCUT2D eigenvalue weighted by Crippen LogP contribution is 2.40. The van der Waals surface area contributed by atoms with Crippen LogP contribution in [0.3, 0.4) is 0 Å². The van der Waals surface area contributed by atoms with Gasteiger partial charge >= 0.3 is 18.2 Å². The SMILES string of the molecule is CC(C)(C)OC(=O)NC(C(=O)O)(c1cccc(F)c1)C(F)(F)F. The van der Waals surface area contributed by atoms with Crippen LogP contribution in [0.25, 0.3) is 0 Å². The van der Waals surface area contributed by atoms with Gasteiger partial charge in [0.15, 0.2) is 0 Å². The third-order valence-electron chi connectivity index (χ3n) is 2.69. The molecule has 0 saturated heterocycles. The van der Waals surface area contributed by atoms with Crippen molar-refractivity contribution in [2.45, 2.75) is 38.1 Å². The minimum atomic E-state index is -5.44. The van der Waals surface area contributed by atoms with Gasteiger partial charge in [-0.25, -0.2) is 14.0 Å². The predicted octanol–water partition coefficient (Wildman–Crippen LogP) is 3.19. The number of alkyl carbamates (subject to hydrolysis) is 1. The number of aliphatic carboxylic acids is 1. The molecular formula is C14H15F4NO4. The minimum absolute atomic E-state index is 0.388. The summed E-state index contributed by atoms with van der Waals surface area (Å²) in [6.07, 6.45) is -7.04. The van der Waals surface area contributed by atoms with Crippen LogP contribution in [0.5, 0.6) is 0 Å². The van der Waals surface area contributed by atoms with Gasteiger partial charge in [-0.3, -0.25) is 5.32 Å². The number of carboxylic acids is 1. The van der Waals surface area contributed by atoms with Crippen molar-refractivity contribution in [3.63, 3.8) is 0 Å². The molecule has 1 atom stereocenters. The Kier molecular flexibility index (Phi) is 4.93. The van der Waals surface area contributed by atoms with Crippen LogP contribution in [-0.4, -0.2) is 28.9 Å². The number of benzene rings is 1. The number of carbonyl (C=O) groups excluding carboxylic acids is 1. The Morgan fingerprint density at radius 1 is 1.17 bits per heavy atom. The first-order valence-corrected chi connectivity index (χ1v) is 6.37. The Morgan fingerprint density at radius 2 is 1.74 bits per heavy atom. The van der Waals surface area contributed by atoms with Gasteiger partial charge in [0.25, 0.3) is 5.54 Å². The number of alkyl halides is 3. The van der Waals surface area contributed by atoms with E-state index < -0.39 is 40.8 Å². The largest absolute Gasteiger partial charge is 0.479 e. The highest BCUT2D eigenvalue weighted by molar-refractivity contribution is 5.87. The molecule has 128 valence electrons. The molecule has 9 heteroatoms. The van der Waals surface area contributed by atoms with Gasteiger partial charge in [0.1, 0.15) is 11.4 Å². The number of rotatable bonds is 3. The molecule has 5 nitrogen and oxygen atoms in total. The highest BCUT2D eigenvalue weighted by atomic mass is 19.4. The molecule has 0 heterocycles. The Balaban J connectivity index is 3.43. The summed E-state index contributed by atoms with van der Waals surface area (Å²) in [6.45, 7) is 4.18. The van der Waals surface area contributed by atoms with Crippen molar-refractivity contribution in [2.75, 3.05) is 0 Å². The lowest BCUT2D eigenvalue weighted by atomic mass is 9.89. The second-order valence-corrected chi connectivity index (χ2v) is 5.69. The summed E-state index contributed by atoms with van der Waals surface area (Å²) in [7, 11) is 0. The Morgan fingerprint density at radius 3 is 2.13 bits per heavy atom. The summed E-state index contributed by atoms with van der Waals surface area (Å²) in [5.41, 5.74) is -5.97. The van der Waals surface area contributed by atoms with Gasteiger partial charge in [-0.1, -0.05) is 12.1 Å². The van der Waals surface area contributed by atoms with E-state index >= 15 is 0 Å². The van der Waals surface area contributed by atoms with Gasteiger partial charge in [-0.15, -0.1) is 0 Å². The monoisotopic (exact) mass is 337 g/mol. The molecule has 0 spiro atoms. The van der Waals surface area contributed by atoms with E-state index in [9.17, 15) is 27.2 Å². The first kappa shape index (κ1) is 18.7. The second-order valence-electron chi connectivity index (χ2n) is 5.69. The van der Waals surface area contributed by atoms with Crippen LogP contribution >= 0.6 is 0 Å². The summed E-state index contributed by atoms with van der Waals surface area (Å²) in [5, 5.41) is 10.5. The molecule has 1 unspecified atom stereocenters. The van der Waals surface area contributed by atoms with Crippen LogP contribution in [-0.2, 0) is 15.1 Å². The second kappa shape index (κ2) is 6.05. The standard InChI is InChI=1S/C14H15F4NO4/c1-12(2,3)23-11(22)19-13(10(20)21,14(16,17)18)8-5-4-6-9(15)7-8/h4-7H,1-3H3,(H,19,22)(H,20,21). The quantitative estimate of drug-likeness (QED) is 0.831. The van der Waals surface area contributed by atoms with Crippen molar-refractivity contribution < 1.29 is 37.0 Å². The van der Waals surface area contributed by atoms with E-state index in [-0.39, 0.29) is 0 Å². The Bertz CT molecular complexity index is 610. The van der Waals surface area contributed by atoms with E-state index in [1.54, 1.807) is 0 Å². The molecule has 0 fully saturated rings. The van der Waals surface area contributed by atoms with Crippen LogP contribution in [0, 0.1) is 5.82 Å². The average molecular weight is 337 g/mol. The fraction of sp³-hybridized carbons (Fsp3) is 0.429. The number of nitrogens with one attached hydrogen (secondary N) is 1. The summed E-state index contributed by atoms with van der Waals surface area (Å²) in [5.74, 6) is -3.50. The van der Waals surface area contributed by atoms with E-state index in [4.69, 9.17) is 5.11 Å². The van der Waals surface area contributed by atoms with Crippen molar-refractivity contribution in [3.8, 4) is 0 Å². The number of halogens is 4. The van der Waals surface area contributed by atoms with Crippen molar-refractivity contribution in [2.24, 2.45) is 0 Å². The molecule has 0 aliphatic rings. The van der Waals surface area contributed by atoms with Gasteiger partial charge in [-0.05, 0) is 32.9 Å². The van der Waals surface area contributed by atoms with E-state index in [0.29, 0.717) is 6.07 Å². The molecule has 0 saturated carbocycles. The van der Waals surface area contributed by atoms with Gasteiger partial charge in [-0.2, -0.15) is 13.2 Å². The highest BCUT2D eigenvalue weighted by Gasteiger charge is 2.64. The number of carbonyl (C=O) groups is 2. The molecule has 0 bridgehead atoms. The molecule has 0 aliphatic carbocycles. The Labute approximate surface area is 129 Å². The van der Waals surface area contributed by atoms with Crippen LogP contribution in [0.15, 0.2) is 24.3 Å². The van der Waals surface area contributed by atoms with Crippen molar-refractivity contribution in [1.29, 1.82) is 0 Å². The molecule has 0 aliphatic heterocycles. The van der Waals surface area contributed by atoms with Crippen molar-refractivity contribution >= 4 is 12.1 Å². The molecule has 1 amide bonds. The fourth-order valence-corrected chi connectivity index (χ4v) is 1.78. The lowest BCUT2D eigenvalue weighted by Gasteiger charge is -2.33. The summed E-state index contributed by atoms with van der Waals surface area (Å²) < 4.78 is 58.3. The third kappa shape index (κ3) is 4.11. The van der Waals surface area contributed by atoms with Crippen molar-refractivity contribution in [3.05, 3.63) is 35.6 Å². The Hall–Kier alpha value is -2.32. The molecule has 1 aromatic carbocycles. The molecule has 1 aromatic rings. The number of ether oxygens (including phenoxy) is 1. The van der Waals surface area contributed by atoms with Crippen LogP contribution in [0.2, 0.25) is 0 Å². The fourth-order valence-electron chi connectivity index (χ4n) is 1.78. The number of carboxylic acid groups (broad SMARTS) is 1. The molecule has 23 heavy (non-hydrogen) atoms. The zero-order valence-corrected chi connectivity index (χ0v) is 12.5. The lowest BCUT2D eigenvalue weighted by molar-refractivity contribution is -0.212. The van der Waals surface area contributed by atoms with E-state index in [1.807, 2.05) is 0 Å². The van der Waals surface area contributed by atoms with E-state index in [1.165, 1.54) is 26.1 Å². The molecule has 0 radical (unpaired) electrons. The number of hydrogen-bond acceptors (Lipinski definition) is 3. The number of amides is 1. The molecule has 1 rings (SSSR count). The molecular weight excluding hydrogens is 322 g/mol. The third-order valence-corrected chi connectivity index (χ3v) is 2.69. The zero-order valence-electron chi connectivity index (χ0n) is 12.5. The maximum Gasteiger partial charge on any atom is 0.426 e. The lowest BCUT2D eigenvalue weighted by Crippen LogP contribution is -2.61. The van der Waals surface area contributed by atoms with Gasteiger partial charge in [0.05, 0.1) is 0 Å². The predicted molar refractivity (Wildman–Crippen MR) is 71.1 cm³/mol. The first-order chi connectivity index (χ1) is 10.3. The van der Waals surface area contributed by atoms with E-state index in [2.05, 4.69) is 4.74 Å². The number of hydrogen-bond donors (Lipinski definition) is 2. The van der Waals surface area contributed by atoms with Crippen molar-refractivity contribution in [1.82, 2.24) is 5.32 Å². The average Bonchev–Trinajstić information content (AvgIpc) is 2.31. The molecule has 2 N–H and O–H groups in total. The normalized spacial score (nSPS) is 14.7. The maximum atomic E-state index is 13.5. The van der Waals surface area contributed by atoms with Crippen LogP contribution in [0.4, 0.5) is 22.4 Å². The van der Waals surface area contributed by atoms with Crippen LogP contribution < -0.4 is 5.32 Å². The summed E-state index contributed by atoms with van der Waals surface area (Å²) >= 11 is 0. The first-order valence-electron chi connectivity index (χ1n) is 6.37. The maximum absolute atomic E-state index is 13.5. The zero-order chi connectivity index (χ0) is 18.1. The van der Waals surface area contributed by atoms with Gasteiger partial charge in [0, 0.05) is 5.56 Å².